The highest BCUT2D eigenvalue weighted by Crippen LogP contribution is 2.06. The number of hydrogen-bond donors (Lipinski definition) is 1. The lowest BCUT2D eigenvalue weighted by Crippen LogP contribution is -2.25. The Kier molecular flexibility index (Phi) is 5.28. The Morgan fingerprint density at radius 3 is 3.00 bits per heavy atom. The van der Waals surface area contributed by atoms with Crippen molar-refractivity contribution in [1.29, 1.82) is 0 Å². The van der Waals surface area contributed by atoms with Crippen LogP contribution in [0.25, 0.3) is 0 Å². The molecule has 0 fully saturated rings. The SMILES string of the molecule is C#CCCCCNC(=O)c1cn(C)nc1CC. The van der Waals surface area contributed by atoms with Crippen LogP contribution in [0.15, 0.2) is 6.20 Å². The van der Waals surface area contributed by atoms with Gasteiger partial charge in [0.15, 0.2) is 0 Å². The molecule has 1 heterocycles. The van der Waals surface area contributed by atoms with Crippen LogP contribution in [-0.2, 0) is 13.5 Å². The molecular formula is C13H19N3O. The summed E-state index contributed by atoms with van der Waals surface area (Å²) < 4.78 is 1.67. The van der Waals surface area contributed by atoms with Crippen LogP contribution in [-0.4, -0.2) is 22.2 Å². The predicted octanol–water partition coefficient (Wildman–Crippen LogP) is 1.52. The van der Waals surface area contributed by atoms with Crippen molar-refractivity contribution >= 4 is 5.91 Å². The Hall–Kier alpha value is -1.76. The average molecular weight is 233 g/mol. The lowest BCUT2D eigenvalue weighted by atomic mass is 10.2. The van der Waals surface area contributed by atoms with E-state index in [0.717, 1.165) is 31.4 Å². The third kappa shape index (κ3) is 3.95. The van der Waals surface area contributed by atoms with Gasteiger partial charge in [-0.3, -0.25) is 9.48 Å². The van der Waals surface area contributed by atoms with Crippen molar-refractivity contribution in [3.8, 4) is 12.3 Å². The summed E-state index contributed by atoms with van der Waals surface area (Å²) in [6, 6.07) is 0. The molecular weight excluding hydrogens is 214 g/mol. The molecule has 0 spiro atoms. The van der Waals surface area contributed by atoms with Gasteiger partial charge in [0.1, 0.15) is 0 Å². The van der Waals surface area contributed by atoms with E-state index in [4.69, 9.17) is 6.42 Å². The smallest absolute Gasteiger partial charge is 0.254 e. The first-order valence-electron chi connectivity index (χ1n) is 5.93. The molecule has 0 aliphatic rings. The monoisotopic (exact) mass is 233 g/mol. The van der Waals surface area contributed by atoms with Crippen LogP contribution < -0.4 is 5.32 Å². The minimum atomic E-state index is -0.0457. The summed E-state index contributed by atoms with van der Waals surface area (Å²) >= 11 is 0. The van der Waals surface area contributed by atoms with E-state index in [0.29, 0.717) is 12.1 Å². The van der Waals surface area contributed by atoms with Gasteiger partial charge < -0.3 is 5.32 Å². The second-order valence-electron chi connectivity index (χ2n) is 3.93. The van der Waals surface area contributed by atoms with Crippen LogP contribution in [0.4, 0.5) is 0 Å². The zero-order valence-corrected chi connectivity index (χ0v) is 10.5. The number of hydrogen-bond acceptors (Lipinski definition) is 2. The van der Waals surface area contributed by atoms with Crippen molar-refractivity contribution in [3.05, 3.63) is 17.5 Å². The second kappa shape index (κ2) is 6.74. The van der Waals surface area contributed by atoms with Gasteiger partial charge in [-0.05, 0) is 19.3 Å². The van der Waals surface area contributed by atoms with Crippen molar-refractivity contribution in [2.45, 2.75) is 32.6 Å². The van der Waals surface area contributed by atoms with Crippen molar-refractivity contribution in [1.82, 2.24) is 15.1 Å². The van der Waals surface area contributed by atoms with E-state index in [1.54, 1.807) is 10.9 Å². The minimum absolute atomic E-state index is 0.0457. The van der Waals surface area contributed by atoms with Crippen LogP contribution >= 0.6 is 0 Å². The van der Waals surface area contributed by atoms with E-state index in [-0.39, 0.29) is 5.91 Å². The molecule has 1 N–H and O–H groups in total. The number of rotatable bonds is 6. The number of aromatic nitrogens is 2. The Morgan fingerprint density at radius 1 is 1.59 bits per heavy atom. The van der Waals surface area contributed by atoms with Crippen LogP contribution in [0.3, 0.4) is 0 Å². The number of terminal acetylenes is 1. The summed E-state index contributed by atoms with van der Waals surface area (Å²) in [4.78, 5) is 11.9. The zero-order chi connectivity index (χ0) is 12.7. The highest BCUT2D eigenvalue weighted by Gasteiger charge is 2.13. The van der Waals surface area contributed by atoms with E-state index in [9.17, 15) is 4.79 Å². The van der Waals surface area contributed by atoms with Crippen molar-refractivity contribution in [3.63, 3.8) is 0 Å². The highest BCUT2D eigenvalue weighted by molar-refractivity contribution is 5.95. The summed E-state index contributed by atoms with van der Waals surface area (Å²) in [5, 5.41) is 7.12. The van der Waals surface area contributed by atoms with E-state index >= 15 is 0 Å². The summed E-state index contributed by atoms with van der Waals surface area (Å²) in [6.07, 6.45) is 10.3. The third-order valence-electron chi connectivity index (χ3n) is 2.52. The molecule has 0 radical (unpaired) electrons. The molecule has 1 amide bonds. The molecule has 0 unspecified atom stereocenters. The molecule has 92 valence electrons. The van der Waals surface area contributed by atoms with Crippen molar-refractivity contribution < 1.29 is 4.79 Å². The van der Waals surface area contributed by atoms with E-state index in [1.807, 2.05) is 14.0 Å². The highest BCUT2D eigenvalue weighted by atomic mass is 16.1. The Labute approximate surface area is 102 Å². The van der Waals surface area contributed by atoms with Gasteiger partial charge in [-0.25, -0.2) is 0 Å². The molecule has 0 saturated carbocycles. The molecule has 0 aromatic carbocycles. The molecule has 4 heteroatoms. The first kappa shape index (κ1) is 13.3. The molecule has 0 aliphatic carbocycles. The fourth-order valence-corrected chi connectivity index (χ4v) is 1.63. The Morgan fingerprint density at radius 2 is 2.35 bits per heavy atom. The number of carbonyl (C=O) groups is 1. The molecule has 1 aromatic rings. The van der Waals surface area contributed by atoms with E-state index in [1.165, 1.54) is 0 Å². The predicted molar refractivity (Wildman–Crippen MR) is 67.6 cm³/mol. The fraction of sp³-hybridized carbons (Fsp3) is 0.538. The number of nitrogens with one attached hydrogen (secondary N) is 1. The van der Waals surface area contributed by atoms with Crippen LogP contribution in [0.1, 0.15) is 42.2 Å². The average Bonchev–Trinajstić information content (AvgIpc) is 2.70. The van der Waals surface area contributed by atoms with Gasteiger partial charge in [0.2, 0.25) is 0 Å². The number of unbranched alkanes of at least 4 members (excludes halogenated alkanes) is 2. The minimum Gasteiger partial charge on any atom is -0.352 e. The maximum absolute atomic E-state index is 11.9. The van der Waals surface area contributed by atoms with E-state index < -0.39 is 0 Å². The molecule has 4 nitrogen and oxygen atoms in total. The van der Waals surface area contributed by atoms with Gasteiger partial charge in [0.25, 0.3) is 5.91 Å². The molecule has 1 rings (SSSR count). The maximum Gasteiger partial charge on any atom is 0.254 e. The Balaban J connectivity index is 2.44. The maximum atomic E-state index is 11.9. The van der Waals surface area contributed by atoms with Gasteiger partial charge in [0.05, 0.1) is 11.3 Å². The van der Waals surface area contributed by atoms with E-state index in [2.05, 4.69) is 16.3 Å². The molecule has 0 aliphatic heterocycles. The van der Waals surface area contributed by atoms with Crippen molar-refractivity contribution in [2.24, 2.45) is 7.05 Å². The van der Waals surface area contributed by atoms with Crippen molar-refractivity contribution in [2.75, 3.05) is 6.54 Å². The summed E-state index contributed by atoms with van der Waals surface area (Å²) in [6.45, 7) is 2.66. The van der Waals surface area contributed by atoms with Gasteiger partial charge in [-0.1, -0.05) is 6.92 Å². The van der Waals surface area contributed by atoms with Gasteiger partial charge in [-0.2, -0.15) is 5.10 Å². The lowest BCUT2D eigenvalue weighted by Gasteiger charge is -2.03. The first-order valence-corrected chi connectivity index (χ1v) is 5.93. The van der Waals surface area contributed by atoms with Crippen LogP contribution in [0.2, 0.25) is 0 Å². The topological polar surface area (TPSA) is 46.9 Å². The van der Waals surface area contributed by atoms with Gasteiger partial charge in [-0.15, -0.1) is 12.3 Å². The number of nitrogens with zero attached hydrogens (tertiary/aromatic N) is 2. The second-order valence-corrected chi connectivity index (χ2v) is 3.93. The largest absolute Gasteiger partial charge is 0.352 e. The Bertz CT molecular complexity index is 415. The molecule has 0 atom stereocenters. The number of aryl methyl sites for hydroxylation is 2. The molecule has 0 bridgehead atoms. The van der Waals surface area contributed by atoms with Gasteiger partial charge in [0, 0.05) is 26.2 Å². The summed E-state index contributed by atoms with van der Waals surface area (Å²) in [5.74, 6) is 2.54. The quantitative estimate of drug-likeness (QED) is 0.598. The third-order valence-corrected chi connectivity index (χ3v) is 2.52. The summed E-state index contributed by atoms with van der Waals surface area (Å²) in [5.41, 5.74) is 1.51. The summed E-state index contributed by atoms with van der Waals surface area (Å²) in [7, 11) is 1.82. The van der Waals surface area contributed by atoms with Crippen LogP contribution in [0, 0.1) is 12.3 Å². The molecule has 17 heavy (non-hydrogen) atoms. The zero-order valence-electron chi connectivity index (χ0n) is 10.5. The fourth-order valence-electron chi connectivity index (χ4n) is 1.63. The molecule has 1 aromatic heterocycles. The lowest BCUT2D eigenvalue weighted by molar-refractivity contribution is 0.0952. The first-order chi connectivity index (χ1) is 8.19. The van der Waals surface area contributed by atoms with Gasteiger partial charge >= 0.3 is 0 Å². The van der Waals surface area contributed by atoms with Crippen LogP contribution in [0.5, 0.6) is 0 Å². The normalized spacial score (nSPS) is 9.94. The number of carbonyl (C=O) groups excluding carboxylic acids is 1. The number of amides is 1. The standard InChI is InChI=1S/C13H19N3O/c1-4-6-7-8-9-14-13(17)11-10-16(3)15-12(11)5-2/h1,10H,5-9H2,2-3H3,(H,14,17). The molecule has 0 saturated heterocycles.